The van der Waals surface area contributed by atoms with Gasteiger partial charge in [0, 0.05) is 33.6 Å². The zero-order chi connectivity index (χ0) is 35.2. The predicted octanol–water partition coefficient (Wildman–Crippen LogP) is 9.07. The minimum atomic E-state index is -5.14. The molecule has 43 heavy (non-hydrogen) atoms. The van der Waals surface area contributed by atoms with Gasteiger partial charge in [0.2, 0.25) is 5.85 Å². The van der Waals surface area contributed by atoms with Gasteiger partial charge in [0.1, 0.15) is 6.61 Å². The molecule has 0 bridgehead atoms. The van der Waals surface area contributed by atoms with Crippen molar-refractivity contribution >= 4 is 0 Å². The second-order valence-electron chi connectivity index (χ2n) is 10.5. The van der Waals surface area contributed by atoms with Gasteiger partial charge in [0.05, 0.1) is 6.61 Å². The first-order chi connectivity index (χ1) is 18.3. The summed E-state index contributed by atoms with van der Waals surface area (Å²) in [6.07, 6.45) is -16.2. The second-order valence-corrected chi connectivity index (χ2v) is 10.5. The zero-order valence-corrected chi connectivity index (χ0v) is 23.4. The average molecular weight is 680 g/mol. The van der Waals surface area contributed by atoms with Crippen LogP contribution < -0.4 is 0 Å². The molecule has 3 saturated heterocycles. The number of ether oxygens (including phenoxy) is 4. The summed E-state index contributed by atoms with van der Waals surface area (Å²) in [6, 6.07) is 0. The Morgan fingerprint density at radius 1 is 0.605 bits per heavy atom. The van der Waals surface area contributed by atoms with Crippen molar-refractivity contribution in [3.63, 3.8) is 0 Å². The quantitative estimate of drug-likeness (QED) is 0.259. The maximum absolute atomic E-state index is 13.4. The number of rotatable bonds is 1. The normalized spacial score (nSPS) is 41.6. The summed E-state index contributed by atoms with van der Waals surface area (Å²) in [6.45, 7) is 2.61. The van der Waals surface area contributed by atoms with Crippen LogP contribution in [0.15, 0.2) is 0 Å². The first-order valence-electron chi connectivity index (χ1n) is 11.7. The minimum Gasteiger partial charge on any atom is -0.372 e. The highest BCUT2D eigenvalue weighted by molar-refractivity contribution is 5.03. The molecule has 3 fully saturated rings. The summed E-state index contributed by atoms with van der Waals surface area (Å²) >= 11 is 0. The van der Waals surface area contributed by atoms with Gasteiger partial charge in [-0.25, -0.2) is 30.7 Å². The molecule has 0 saturated carbocycles. The molecule has 0 N–H and O–H groups in total. The van der Waals surface area contributed by atoms with E-state index < -0.39 is 91.1 Å². The van der Waals surface area contributed by atoms with E-state index in [4.69, 9.17) is 0 Å². The number of halogens is 17. The summed E-state index contributed by atoms with van der Waals surface area (Å²) < 4.78 is 224. The largest absolute Gasteiger partial charge is 0.443 e. The van der Waals surface area contributed by atoms with Crippen LogP contribution in [0.25, 0.3) is 0 Å². The Hall–Kier alpha value is -1.35. The van der Waals surface area contributed by atoms with Crippen molar-refractivity contribution in [2.75, 3.05) is 13.2 Å². The first-order valence-corrected chi connectivity index (χ1v) is 11.7. The highest BCUT2D eigenvalue weighted by atomic mass is 19.4. The SMILES string of the molecule is CC(F)(F)F.CC1(F)COCC1(F)F.CC1(F)OC(C)(C(F)(F)F)OC1(C)F.CCC1(F)CC(C)(F)C(F)(F)C(F)(F)O1. The van der Waals surface area contributed by atoms with Gasteiger partial charge < -0.3 is 14.2 Å². The monoisotopic (exact) mass is 680 g/mol. The number of alkyl halides is 17. The Labute approximate surface area is 234 Å². The molecule has 5 atom stereocenters. The van der Waals surface area contributed by atoms with Gasteiger partial charge in [-0.15, -0.1) is 0 Å². The van der Waals surface area contributed by atoms with Gasteiger partial charge in [0.15, 0.2) is 11.3 Å². The van der Waals surface area contributed by atoms with E-state index in [9.17, 15) is 74.6 Å². The molecule has 3 aliphatic heterocycles. The van der Waals surface area contributed by atoms with Crippen LogP contribution in [0.2, 0.25) is 0 Å². The Morgan fingerprint density at radius 2 is 0.977 bits per heavy atom. The van der Waals surface area contributed by atoms with Crippen LogP contribution in [0.3, 0.4) is 0 Å². The Kier molecular flexibility index (Phi) is 11.7. The highest BCUT2D eigenvalue weighted by Crippen LogP contribution is 2.56. The molecule has 3 aliphatic rings. The molecule has 0 aromatic rings. The Balaban J connectivity index is 0.000000583. The predicted molar refractivity (Wildman–Crippen MR) is 112 cm³/mol. The van der Waals surface area contributed by atoms with E-state index >= 15 is 0 Å². The van der Waals surface area contributed by atoms with E-state index in [0.717, 1.165) is 13.8 Å². The van der Waals surface area contributed by atoms with Gasteiger partial charge in [0.25, 0.3) is 17.5 Å². The molecule has 0 aliphatic carbocycles. The molecule has 0 aromatic heterocycles. The second kappa shape index (κ2) is 12.1. The highest BCUT2D eigenvalue weighted by Gasteiger charge is 2.76. The van der Waals surface area contributed by atoms with Crippen molar-refractivity contribution in [2.45, 2.75) is 126 Å². The van der Waals surface area contributed by atoms with Crippen LogP contribution in [0.1, 0.15) is 61.3 Å². The van der Waals surface area contributed by atoms with Crippen LogP contribution in [0, 0.1) is 0 Å². The van der Waals surface area contributed by atoms with Crippen molar-refractivity contribution in [3.8, 4) is 0 Å². The standard InChI is InChI=1S/C8H10F6O.C7H9F5O2.C5H7F3O.C2H3F3/c1-3-6(10)4-5(2,9)7(11,12)8(13,14)15-6;1-4(8)5(2,9)14-6(3,13-4)7(10,11)12;1-4(6)2-9-3-5(4,7)8;1-2(3,4)5/h3-4H2,1-2H3;1-3H3;2-3H2,1H3;1H3. The summed E-state index contributed by atoms with van der Waals surface area (Å²) in [5.41, 5.74) is -6.10. The smallest absolute Gasteiger partial charge is 0.372 e. The molecule has 21 heteroatoms. The van der Waals surface area contributed by atoms with E-state index in [1.54, 1.807) is 0 Å². The number of hydrogen-bond acceptors (Lipinski definition) is 4. The van der Waals surface area contributed by atoms with E-state index in [1.807, 2.05) is 0 Å². The molecule has 4 nitrogen and oxygen atoms in total. The summed E-state index contributed by atoms with van der Waals surface area (Å²) in [7, 11) is 0. The third-order valence-corrected chi connectivity index (χ3v) is 5.96. The molecule has 3 rings (SSSR count). The fourth-order valence-electron chi connectivity index (χ4n) is 3.11. The van der Waals surface area contributed by atoms with E-state index in [-0.39, 0.29) is 13.8 Å². The van der Waals surface area contributed by atoms with Gasteiger partial charge in [-0.05, 0) is 20.8 Å². The van der Waals surface area contributed by atoms with Crippen LogP contribution in [0.5, 0.6) is 0 Å². The van der Waals surface area contributed by atoms with E-state index in [2.05, 4.69) is 18.9 Å². The van der Waals surface area contributed by atoms with E-state index in [1.165, 1.54) is 0 Å². The third kappa shape index (κ3) is 9.82. The van der Waals surface area contributed by atoms with Gasteiger partial charge in [-0.3, -0.25) is 4.74 Å². The third-order valence-electron chi connectivity index (χ3n) is 5.96. The van der Waals surface area contributed by atoms with Crippen LogP contribution >= 0.6 is 0 Å². The van der Waals surface area contributed by atoms with Crippen molar-refractivity contribution in [2.24, 2.45) is 0 Å². The number of hydrogen-bond donors (Lipinski definition) is 0. The lowest BCUT2D eigenvalue weighted by atomic mass is 9.87. The van der Waals surface area contributed by atoms with Crippen LogP contribution in [-0.4, -0.2) is 78.2 Å². The zero-order valence-electron chi connectivity index (χ0n) is 23.4. The molecule has 0 spiro atoms. The minimum absolute atomic E-state index is 0.188. The lowest BCUT2D eigenvalue weighted by molar-refractivity contribution is -0.459. The molecular weight excluding hydrogens is 651 g/mol. The summed E-state index contributed by atoms with van der Waals surface area (Å²) in [5, 5.41) is 0. The lowest BCUT2D eigenvalue weighted by Crippen LogP contribution is -2.65. The molecule has 0 aromatic carbocycles. The first kappa shape index (κ1) is 41.7. The van der Waals surface area contributed by atoms with Crippen molar-refractivity contribution in [1.29, 1.82) is 0 Å². The molecule has 0 amide bonds. The van der Waals surface area contributed by atoms with Crippen LogP contribution in [-0.2, 0) is 18.9 Å². The molecular formula is C22H29F17O4. The maximum Gasteiger partial charge on any atom is 0.443 e. The fraction of sp³-hybridized carbons (Fsp3) is 1.00. The van der Waals surface area contributed by atoms with Gasteiger partial charge in [-0.1, -0.05) is 6.92 Å². The van der Waals surface area contributed by atoms with Crippen molar-refractivity contribution in [3.05, 3.63) is 0 Å². The van der Waals surface area contributed by atoms with Crippen molar-refractivity contribution < 1.29 is 93.6 Å². The topological polar surface area (TPSA) is 36.9 Å². The molecule has 260 valence electrons. The Morgan fingerprint density at radius 3 is 1.16 bits per heavy atom. The Bertz CT molecular complexity index is 870. The van der Waals surface area contributed by atoms with E-state index in [0.29, 0.717) is 20.8 Å². The maximum atomic E-state index is 13.4. The summed E-state index contributed by atoms with van der Waals surface area (Å²) in [4.78, 5) is 0. The van der Waals surface area contributed by atoms with Crippen molar-refractivity contribution in [1.82, 2.24) is 0 Å². The fourth-order valence-corrected chi connectivity index (χ4v) is 3.11. The average Bonchev–Trinajstić information content (AvgIpc) is 3.04. The molecule has 3 heterocycles. The van der Waals surface area contributed by atoms with Gasteiger partial charge in [-0.2, -0.15) is 43.9 Å². The molecule has 5 unspecified atom stereocenters. The molecule has 0 radical (unpaired) electrons. The summed E-state index contributed by atoms with van der Waals surface area (Å²) in [5.74, 6) is -20.9. The lowest BCUT2D eigenvalue weighted by Gasteiger charge is -2.45. The van der Waals surface area contributed by atoms with Crippen LogP contribution in [0.4, 0.5) is 74.6 Å². The van der Waals surface area contributed by atoms with Gasteiger partial charge >= 0.3 is 30.3 Å².